The largest absolute Gasteiger partial charge is 0.454 e. The highest BCUT2D eigenvalue weighted by molar-refractivity contribution is 7.13. The maximum atomic E-state index is 12.3. The molecule has 0 spiro atoms. The smallest absolute Gasteiger partial charge is 0.422 e. The van der Waals surface area contributed by atoms with Gasteiger partial charge in [-0.25, -0.2) is 0 Å². The van der Waals surface area contributed by atoms with Crippen molar-refractivity contribution in [2.75, 3.05) is 6.61 Å². The van der Waals surface area contributed by atoms with E-state index in [9.17, 15) is 13.2 Å². The van der Waals surface area contributed by atoms with Crippen LogP contribution >= 0.6 is 22.9 Å². The number of halogens is 4. The molecule has 0 aliphatic carbocycles. The van der Waals surface area contributed by atoms with Gasteiger partial charge in [0.25, 0.3) is 0 Å². The van der Waals surface area contributed by atoms with Crippen molar-refractivity contribution in [3.05, 3.63) is 40.7 Å². The zero-order valence-corrected chi connectivity index (χ0v) is 12.5. The molecule has 0 bridgehead atoms. The summed E-state index contributed by atoms with van der Waals surface area (Å²) >= 11 is 7.40. The van der Waals surface area contributed by atoms with E-state index in [1.165, 1.54) is 11.3 Å². The van der Waals surface area contributed by atoms with Crippen molar-refractivity contribution in [3.63, 3.8) is 0 Å². The summed E-state index contributed by atoms with van der Waals surface area (Å²) in [5.74, 6) is 0. The Balaban J connectivity index is 2.11. The van der Waals surface area contributed by atoms with E-state index in [2.05, 4.69) is 14.7 Å². The third kappa shape index (κ3) is 3.31. The van der Waals surface area contributed by atoms with Crippen LogP contribution in [-0.4, -0.2) is 22.8 Å². The Labute approximate surface area is 132 Å². The molecule has 0 amide bonds. The third-order valence-electron chi connectivity index (χ3n) is 2.76. The molecule has 0 saturated heterocycles. The van der Waals surface area contributed by atoms with E-state index >= 15 is 0 Å². The number of nitrogens with zero attached hydrogens (tertiary/aromatic N) is 2. The van der Waals surface area contributed by atoms with Crippen LogP contribution in [0.25, 0.3) is 21.5 Å². The highest BCUT2D eigenvalue weighted by atomic mass is 35.5. The monoisotopic (exact) mass is 344 g/mol. The van der Waals surface area contributed by atoms with E-state index in [4.69, 9.17) is 11.6 Å². The molecule has 3 rings (SSSR count). The normalized spacial score (nSPS) is 11.8. The second-order valence-electron chi connectivity index (χ2n) is 4.40. The molecular formula is C14H8ClF3N2OS. The molecular weight excluding hydrogens is 337 g/mol. The first-order valence-electron chi connectivity index (χ1n) is 6.13. The van der Waals surface area contributed by atoms with Gasteiger partial charge in [0.05, 0.1) is 16.1 Å². The lowest BCUT2D eigenvalue weighted by Gasteiger charge is -2.10. The van der Waals surface area contributed by atoms with E-state index < -0.39 is 12.8 Å². The summed E-state index contributed by atoms with van der Waals surface area (Å²) in [6.07, 6.45) is -4.44. The summed E-state index contributed by atoms with van der Waals surface area (Å²) < 4.78 is 41.5. The van der Waals surface area contributed by atoms with Crippen LogP contribution in [0.4, 0.5) is 13.2 Å². The first-order chi connectivity index (χ1) is 10.4. The van der Waals surface area contributed by atoms with Gasteiger partial charge in [-0.1, -0.05) is 17.7 Å². The summed E-state index contributed by atoms with van der Waals surface area (Å²) in [5.41, 5.74) is 0.972. The van der Waals surface area contributed by atoms with Crippen LogP contribution in [0.3, 0.4) is 0 Å². The van der Waals surface area contributed by atoms with Gasteiger partial charge in [0.2, 0.25) is 0 Å². The summed E-state index contributed by atoms with van der Waals surface area (Å²) in [6.45, 7) is -1.43. The van der Waals surface area contributed by atoms with Gasteiger partial charge in [0.1, 0.15) is 0 Å². The molecule has 0 aliphatic heterocycles. The molecule has 0 fully saturated rings. The fraction of sp³-hybridized carbons (Fsp3) is 0.143. The van der Waals surface area contributed by atoms with Gasteiger partial charge in [-0.15, -0.1) is 11.3 Å². The highest BCUT2D eigenvalue weighted by Gasteiger charge is 2.29. The average molecular weight is 345 g/mol. The van der Waals surface area contributed by atoms with Crippen LogP contribution in [0, 0.1) is 0 Å². The van der Waals surface area contributed by atoms with Crippen molar-refractivity contribution in [2.45, 2.75) is 6.18 Å². The van der Waals surface area contributed by atoms with Gasteiger partial charge in [-0.3, -0.25) is 0 Å². The highest BCUT2D eigenvalue weighted by Crippen LogP contribution is 2.32. The van der Waals surface area contributed by atoms with Gasteiger partial charge < -0.3 is 4.74 Å². The fourth-order valence-corrected chi connectivity index (χ4v) is 2.79. The second-order valence-corrected chi connectivity index (χ2v) is 5.78. The SMILES string of the molecule is FC(F)(F)COc1nc(-c2cccs2)c2cc(Cl)ccc2n1. The van der Waals surface area contributed by atoms with Crippen molar-refractivity contribution >= 4 is 33.8 Å². The lowest BCUT2D eigenvalue weighted by atomic mass is 10.1. The number of ether oxygens (including phenoxy) is 1. The van der Waals surface area contributed by atoms with Gasteiger partial charge in [-0.2, -0.15) is 23.1 Å². The first kappa shape index (κ1) is 15.1. The third-order valence-corrected chi connectivity index (χ3v) is 3.87. The number of hydrogen-bond donors (Lipinski definition) is 0. The Morgan fingerprint density at radius 2 is 2.00 bits per heavy atom. The maximum absolute atomic E-state index is 12.3. The Morgan fingerprint density at radius 1 is 1.18 bits per heavy atom. The quantitative estimate of drug-likeness (QED) is 0.674. The number of fused-ring (bicyclic) bond motifs is 1. The van der Waals surface area contributed by atoms with Crippen LogP contribution < -0.4 is 4.74 Å². The number of alkyl halides is 3. The van der Waals surface area contributed by atoms with Crippen LogP contribution in [0.5, 0.6) is 6.01 Å². The summed E-state index contributed by atoms with van der Waals surface area (Å²) in [7, 11) is 0. The summed E-state index contributed by atoms with van der Waals surface area (Å²) in [5, 5.41) is 3.01. The average Bonchev–Trinajstić information content (AvgIpc) is 2.97. The molecule has 3 aromatic rings. The van der Waals surface area contributed by atoms with Gasteiger partial charge in [0.15, 0.2) is 6.61 Å². The molecule has 1 aromatic carbocycles. The van der Waals surface area contributed by atoms with Crippen molar-refractivity contribution < 1.29 is 17.9 Å². The topological polar surface area (TPSA) is 35.0 Å². The lowest BCUT2D eigenvalue weighted by molar-refractivity contribution is -0.154. The molecule has 0 saturated carbocycles. The van der Waals surface area contributed by atoms with Crippen LogP contribution in [0.2, 0.25) is 5.02 Å². The Hall–Kier alpha value is -1.86. The van der Waals surface area contributed by atoms with E-state index in [0.29, 0.717) is 21.6 Å². The Morgan fingerprint density at radius 3 is 2.68 bits per heavy atom. The maximum Gasteiger partial charge on any atom is 0.422 e. The Kier molecular flexibility index (Phi) is 3.92. The van der Waals surface area contributed by atoms with Crippen molar-refractivity contribution in [2.24, 2.45) is 0 Å². The molecule has 0 atom stereocenters. The zero-order chi connectivity index (χ0) is 15.7. The molecule has 8 heteroatoms. The molecule has 2 heterocycles. The Bertz CT molecular complexity index is 806. The van der Waals surface area contributed by atoms with E-state index in [1.807, 2.05) is 17.5 Å². The lowest BCUT2D eigenvalue weighted by Crippen LogP contribution is -2.20. The summed E-state index contributed by atoms with van der Waals surface area (Å²) in [6, 6.07) is 8.25. The number of aromatic nitrogens is 2. The second kappa shape index (κ2) is 5.73. The van der Waals surface area contributed by atoms with Crippen molar-refractivity contribution in [1.29, 1.82) is 0 Å². The molecule has 0 radical (unpaired) electrons. The van der Waals surface area contributed by atoms with Gasteiger partial charge in [-0.05, 0) is 29.6 Å². The number of thiophene rings is 1. The van der Waals surface area contributed by atoms with E-state index in [-0.39, 0.29) is 6.01 Å². The minimum absolute atomic E-state index is 0.310. The molecule has 22 heavy (non-hydrogen) atoms. The number of hydrogen-bond acceptors (Lipinski definition) is 4. The van der Waals surface area contributed by atoms with Crippen LogP contribution in [-0.2, 0) is 0 Å². The molecule has 0 N–H and O–H groups in total. The number of rotatable bonds is 3. The molecule has 0 unspecified atom stereocenters. The van der Waals surface area contributed by atoms with Crippen LogP contribution in [0.15, 0.2) is 35.7 Å². The zero-order valence-electron chi connectivity index (χ0n) is 10.9. The minimum atomic E-state index is -4.44. The predicted octanol–water partition coefficient (Wildman–Crippen LogP) is 4.95. The van der Waals surface area contributed by atoms with Gasteiger partial charge in [0, 0.05) is 10.4 Å². The molecule has 0 aliphatic rings. The van der Waals surface area contributed by atoms with Gasteiger partial charge >= 0.3 is 12.2 Å². The minimum Gasteiger partial charge on any atom is -0.454 e. The molecule has 3 nitrogen and oxygen atoms in total. The fourth-order valence-electron chi connectivity index (χ4n) is 1.89. The van der Waals surface area contributed by atoms with Crippen molar-refractivity contribution in [1.82, 2.24) is 9.97 Å². The van der Waals surface area contributed by atoms with E-state index in [1.54, 1.807) is 18.2 Å². The van der Waals surface area contributed by atoms with Crippen LogP contribution in [0.1, 0.15) is 0 Å². The molecule has 2 aromatic heterocycles. The summed E-state index contributed by atoms with van der Waals surface area (Å²) in [4.78, 5) is 8.91. The first-order valence-corrected chi connectivity index (χ1v) is 7.39. The van der Waals surface area contributed by atoms with E-state index in [0.717, 1.165) is 4.88 Å². The predicted molar refractivity (Wildman–Crippen MR) is 79.4 cm³/mol. The number of benzene rings is 1. The standard InChI is InChI=1S/C14H8ClF3N2OS/c15-8-3-4-10-9(6-8)12(11-2-1-5-22-11)20-13(19-10)21-7-14(16,17)18/h1-6H,7H2. The molecule has 114 valence electrons. The van der Waals surface area contributed by atoms with Crippen molar-refractivity contribution in [3.8, 4) is 16.6 Å².